The fourth-order valence-electron chi connectivity index (χ4n) is 4.30. The van der Waals surface area contributed by atoms with Crippen molar-refractivity contribution in [2.75, 3.05) is 0 Å². The summed E-state index contributed by atoms with van der Waals surface area (Å²) in [5, 5.41) is 0. The standard InChI is InChI=1S/C25H31F/c1-3-5-7-20-8-12-21(13-9-20)23-16-17-24(25(26)18-23)22-14-10-19(6-4-2)11-15-22/h3,10-11,14-18,20-21H,1,4-9,12-13H2,2H3. The van der Waals surface area contributed by atoms with Gasteiger partial charge in [-0.25, -0.2) is 4.39 Å². The van der Waals surface area contributed by atoms with Gasteiger partial charge >= 0.3 is 0 Å². The maximum atomic E-state index is 14.8. The van der Waals surface area contributed by atoms with Crippen LogP contribution in [-0.2, 0) is 6.42 Å². The summed E-state index contributed by atoms with van der Waals surface area (Å²) in [4.78, 5) is 0. The van der Waals surface area contributed by atoms with Gasteiger partial charge < -0.3 is 0 Å². The molecule has 1 aliphatic carbocycles. The van der Waals surface area contributed by atoms with E-state index in [1.165, 1.54) is 43.2 Å². The van der Waals surface area contributed by atoms with Gasteiger partial charge in [0.25, 0.3) is 0 Å². The highest BCUT2D eigenvalue weighted by Gasteiger charge is 2.22. The average Bonchev–Trinajstić information content (AvgIpc) is 2.68. The first-order chi connectivity index (χ1) is 12.7. The number of hydrogen-bond acceptors (Lipinski definition) is 0. The molecular formula is C25H31F. The van der Waals surface area contributed by atoms with E-state index >= 15 is 0 Å². The SMILES string of the molecule is C=CCCC1CCC(c2ccc(-c3ccc(CCC)cc3)c(F)c2)CC1. The fourth-order valence-corrected chi connectivity index (χ4v) is 4.30. The summed E-state index contributed by atoms with van der Waals surface area (Å²) in [5.74, 6) is 1.26. The molecule has 0 amide bonds. The lowest BCUT2D eigenvalue weighted by Crippen LogP contribution is -2.13. The molecule has 0 aromatic heterocycles. The summed E-state index contributed by atoms with van der Waals surface area (Å²) in [5.41, 5.74) is 4.19. The van der Waals surface area contributed by atoms with Gasteiger partial charge in [-0.2, -0.15) is 0 Å². The number of aryl methyl sites for hydroxylation is 1. The van der Waals surface area contributed by atoms with Crippen molar-refractivity contribution in [2.45, 2.75) is 64.2 Å². The predicted octanol–water partition coefficient (Wildman–Crippen LogP) is 7.69. The summed E-state index contributed by atoms with van der Waals surface area (Å²) >= 11 is 0. The van der Waals surface area contributed by atoms with Crippen LogP contribution in [0, 0.1) is 11.7 Å². The Kier molecular flexibility index (Phi) is 6.66. The molecule has 0 saturated heterocycles. The van der Waals surface area contributed by atoms with Crippen LogP contribution in [0.15, 0.2) is 55.1 Å². The van der Waals surface area contributed by atoms with Crippen LogP contribution in [0.1, 0.15) is 68.9 Å². The van der Waals surface area contributed by atoms with Crippen LogP contribution >= 0.6 is 0 Å². The smallest absolute Gasteiger partial charge is 0.131 e. The lowest BCUT2D eigenvalue weighted by Gasteiger charge is -2.28. The van der Waals surface area contributed by atoms with Crippen molar-refractivity contribution >= 4 is 0 Å². The van der Waals surface area contributed by atoms with Gasteiger partial charge in [0, 0.05) is 5.56 Å². The molecule has 0 nitrogen and oxygen atoms in total. The summed E-state index contributed by atoms with van der Waals surface area (Å²) in [7, 11) is 0. The van der Waals surface area contributed by atoms with Gasteiger partial charge in [-0.05, 0) is 79.5 Å². The molecule has 1 aliphatic rings. The molecule has 2 aromatic rings. The number of allylic oxidation sites excluding steroid dienone is 1. The largest absolute Gasteiger partial charge is 0.206 e. The first kappa shape index (κ1) is 18.9. The van der Waals surface area contributed by atoms with Crippen molar-refractivity contribution in [3.63, 3.8) is 0 Å². The highest BCUT2D eigenvalue weighted by molar-refractivity contribution is 5.65. The summed E-state index contributed by atoms with van der Waals surface area (Å²) in [6.45, 7) is 6.00. The van der Waals surface area contributed by atoms with E-state index in [-0.39, 0.29) is 5.82 Å². The van der Waals surface area contributed by atoms with Gasteiger partial charge in [0.05, 0.1) is 0 Å². The zero-order valence-corrected chi connectivity index (χ0v) is 16.0. The molecule has 138 valence electrons. The van der Waals surface area contributed by atoms with Crippen molar-refractivity contribution in [3.8, 4) is 11.1 Å². The molecule has 1 saturated carbocycles. The lowest BCUT2D eigenvalue weighted by molar-refractivity contribution is 0.311. The zero-order chi connectivity index (χ0) is 18.4. The Balaban J connectivity index is 1.67. The molecule has 1 heteroatoms. The highest BCUT2D eigenvalue weighted by Crippen LogP contribution is 2.38. The number of benzene rings is 2. The second-order valence-electron chi connectivity index (χ2n) is 7.77. The van der Waals surface area contributed by atoms with Crippen LogP contribution in [-0.4, -0.2) is 0 Å². The number of rotatable bonds is 7. The molecular weight excluding hydrogens is 319 g/mol. The molecule has 0 radical (unpaired) electrons. The summed E-state index contributed by atoms with van der Waals surface area (Å²) in [6, 6.07) is 14.2. The van der Waals surface area contributed by atoms with E-state index in [0.29, 0.717) is 5.92 Å². The van der Waals surface area contributed by atoms with Crippen molar-refractivity contribution < 1.29 is 4.39 Å². The molecule has 0 bridgehead atoms. The maximum Gasteiger partial charge on any atom is 0.131 e. The van der Waals surface area contributed by atoms with Gasteiger partial charge in [-0.15, -0.1) is 6.58 Å². The molecule has 0 aliphatic heterocycles. The van der Waals surface area contributed by atoms with Crippen LogP contribution < -0.4 is 0 Å². The highest BCUT2D eigenvalue weighted by atomic mass is 19.1. The Bertz CT molecular complexity index is 705. The Morgan fingerprint density at radius 3 is 2.38 bits per heavy atom. The van der Waals surface area contributed by atoms with E-state index in [4.69, 9.17) is 0 Å². The average molecular weight is 351 g/mol. The van der Waals surface area contributed by atoms with E-state index in [2.05, 4.69) is 31.7 Å². The monoisotopic (exact) mass is 350 g/mol. The lowest BCUT2D eigenvalue weighted by atomic mass is 9.77. The van der Waals surface area contributed by atoms with E-state index in [9.17, 15) is 4.39 Å². The second-order valence-corrected chi connectivity index (χ2v) is 7.77. The molecule has 0 unspecified atom stereocenters. The van der Waals surface area contributed by atoms with Gasteiger partial charge in [-0.3, -0.25) is 0 Å². The van der Waals surface area contributed by atoms with Crippen LogP contribution in [0.2, 0.25) is 0 Å². The minimum atomic E-state index is -0.0838. The Morgan fingerprint density at radius 2 is 1.77 bits per heavy atom. The van der Waals surface area contributed by atoms with Crippen molar-refractivity contribution in [1.29, 1.82) is 0 Å². The number of hydrogen-bond donors (Lipinski definition) is 0. The van der Waals surface area contributed by atoms with Gasteiger partial charge in [0.1, 0.15) is 5.82 Å². The number of halogens is 1. The van der Waals surface area contributed by atoms with E-state index in [1.807, 2.05) is 24.3 Å². The summed E-state index contributed by atoms with van der Waals surface area (Å²) < 4.78 is 14.8. The normalized spacial score (nSPS) is 20.1. The quantitative estimate of drug-likeness (QED) is 0.449. The van der Waals surface area contributed by atoms with Crippen LogP contribution in [0.3, 0.4) is 0 Å². The van der Waals surface area contributed by atoms with Gasteiger partial charge in [-0.1, -0.05) is 55.8 Å². The van der Waals surface area contributed by atoms with Crippen LogP contribution in [0.25, 0.3) is 11.1 Å². The fraction of sp³-hybridized carbons (Fsp3) is 0.440. The minimum absolute atomic E-state index is 0.0838. The predicted molar refractivity (Wildman–Crippen MR) is 110 cm³/mol. The third-order valence-corrected chi connectivity index (χ3v) is 5.89. The van der Waals surface area contributed by atoms with E-state index in [0.717, 1.165) is 36.3 Å². The third kappa shape index (κ3) is 4.63. The van der Waals surface area contributed by atoms with Gasteiger partial charge in [0.2, 0.25) is 0 Å². The van der Waals surface area contributed by atoms with E-state index in [1.54, 1.807) is 6.07 Å². The first-order valence-electron chi connectivity index (χ1n) is 10.2. The van der Waals surface area contributed by atoms with Crippen molar-refractivity contribution in [1.82, 2.24) is 0 Å². The molecule has 2 aromatic carbocycles. The minimum Gasteiger partial charge on any atom is -0.206 e. The van der Waals surface area contributed by atoms with Crippen LogP contribution in [0.4, 0.5) is 4.39 Å². The molecule has 3 rings (SSSR count). The van der Waals surface area contributed by atoms with Gasteiger partial charge in [0.15, 0.2) is 0 Å². The molecule has 0 N–H and O–H groups in total. The van der Waals surface area contributed by atoms with E-state index < -0.39 is 0 Å². The molecule has 26 heavy (non-hydrogen) atoms. The maximum absolute atomic E-state index is 14.8. The Hall–Kier alpha value is -1.89. The first-order valence-corrected chi connectivity index (χ1v) is 10.2. The second kappa shape index (κ2) is 9.16. The molecule has 0 atom stereocenters. The molecule has 0 heterocycles. The molecule has 1 fully saturated rings. The van der Waals surface area contributed by atoms with Crippen LogP contribution in [0.5, 0.6) is 0 Å². The Morgan fingerprint density at radius 1 is 1.04 bits per heavy atom. The summed E-state index contributed by atoms with van der Waals surface area (Å²) in [6.07, 6.45) is 11.5. The zero-order valence-electron chi connectivity index (χ0n) is 16.0. The third-order valence-electron chi connectivity index (χ3n) is 5.89. The Labute approximate surface area is 158 Å². The topological polar surface area (TPSA) is 0 Å². The molecule has 0 spiro atoms. The van der Waals surface area contributed by atoms with Crippen molar-refractivity contribution in [2.24, 2.45) is 5.92 Å². The van der Waals surface area contributed by atoms with Crippen molar-refractivity contribution in [3.05, 3.63) is 72.1 Å².